The summed E-state index contributed by atoms with van der Waals surface area (Å²) >= 11 is 0. The van der Waals surface area contributed by atoms with Gasteiger partial charge in [-0.2, -0.15) is 0 Å². The van der Waals surface area contributed by atoms with Crippen molar-refractivity contribution in [2.75, 3.05) is 4.90 Å². The number of Topliss-reactive ketones (excluding diaryl/α,β-unsaturated/α-hetero) is 2. The van der Waals surface area contributed by atoms with Crippen molar-refractivity contribution in [3.05, 3.63) is 80.4 Å². The average Bonchev–Trinajstić information content (AvgIpc) is 3.21. The Bertz CT molecular complexity index is 1290. The summed E-state index contributed by atoms with van der Waals surface area (Å²) in [5.41, 5.74) is 4.27. The van der Waals surface area contributed by atoms with Gasteiger partial charge >= 0.3 is 5.88 Å². The van der Waals surface area contributed by atoms with Crippen LogP contribution in [0.15, 0.2) is 63.4 Å². The lowest BCUT2D eigenvalue weighted by molar-refractivity contribution is -0.402. The van der Waals surface area contributed by atoms with E-state index >= 15 is 0 Å². The Balaban J connectivity index is 1.83. The monoisotopic (exact) mass is 474 g/mol. The SMILES string of the molecule is Cc1cccc(N2C3=C(C(=O)CC(C)(C)C3)C(c3ccc([N+](=O)[O-])o3)C3=C2CC(C)(C)CC3=O)c1. The maximum atomic E-state index is 13.7. The highest BCUT2D eigenvalue weighted by Crippen LogP contribution is 2.55. The summed E-state index contributed by atoms with van der Waals surface area (Å²) in [5.74, 6) is -0.925. The number of benzene rings is 1. The average molecular weight is 475 g/mol. The van der Waals surface area contributed by atoms with Gasteiger partial charge < -0.3 is 9.32 Å². The number of rotatable bonds is 3. The minimum Gasteiger partial charge on any atom is -0.405 e. The molecule has 1 aromatic carbocycles. The molecule has 2 aliphatic carbocycles. The van der Waals surface area contributed by atoms with Crippen molar-refractivity contribution >= 4 is 23.1 Å². The van der Waals surface area contributed by atoms with Crippen molar-refractivity contribution in [3.8, 4) is 0 Å². The third kappa shape index (κ3) is 3.93. The first kappa shape index (κ1) is 23.3. The fourth-order valence-electron chi connectivity index (χ4n) is 5.92. The van der Waals surface area contributed by atoms with Gasteiger partial charge in [-0.25, -0.2) is 0 Å². The Morgan fingerprint density at radius 1 is 0.914 bits per heavy atom. The molecule has 0 atom stereocenters. The Morgan fingerprint density at radius 2 is 1.49 bits per heavy atom. The smallest absolute Gasteiger partial charge is 0.405 e. The number of anilines is 1. The zero-order valence-corrected chi connectivity index (χ0v) is 20.8. The first-order valence-electron chi connectivity index (χ1n) is 12.0. The molecule has 7 nitrogen and oxygen atoms in total. The summed E-state index contributed by atoms with van der Waals surface area (Å²) in [7, 11) is 0. The molecule has 0 radical (unpaired) electrons. The molecule has 5 rings (SSSR count). The van der Waals surface area contributed by atoms with Crippen LogP contribution in [-0.2, 0) is 9.59 Å². The van der Waals surface area contributed by atoms with Crippen molar-refractivity contribution in [1.82, 2.24) is 0 Å². The van der Waals surface area contributed by atoms with E-state index in [0.717, 1.165) is 22.6 Å². The Kier molecular flexibility index (Phi) is 5.16. The van der Waals surface area contributed by atoms with E-state index in [1.54, 1.807) is 6.07 Å². The lowest BCUT2D eigenvalue weighted by atomic mass is 9.64. The van der Waals surface area contributed by atoms with E-state index in [2.05, 4.69) is 38.7 Å². The zero-order valence-electron chi connectivity index (χ0n) is 20.8. The van der Waals surface area contributed by atoms with E-state index in [9.17, 15) is 19.7 Å². The fourth-order valence-corrected chi connectivity index (χ4v) is 5.92. The van der Waals surface area contributed by atoms with Crippen LogP contribution in [0.5, 0.6) is 0 Å². The van der Waals surface area contributed by atoms with E-state index < -0.39 is 16.7 Å². The maximum Gasteiger partial charge on any atom is 0.433 e. The summed E-state index contributed by atoms with van der Waals surface area (Å²) in [5, 5.41) is 11.4. The Hall–Kier alpha value is -3.48. The molecule has 0 spiro atoms. The molecule has 0 N–H and O–H groups in total. The minimum absolute atomic E-state index is 0.0397. The number of hydrogen-bond donors (Lipinski definition) is 0. The first-order chi connectivity index (χ1) is 16.4. The van der Waals surface area contributed by atoms with Crippen LogP contribution in [0.1, 0.15) is 70.6 Å². The van der Waals surface area contributed by atoms with Gasteiger partial charge in [-0.3, -0.25) is 19.7 Å². The molecule has 0 saturated heterocycles. The number of nitro groups is 1. The summed E-state index contributed by atoms with van der Waals surface area (Å²) < 4.78 is 5.65. The van der Waals surface area contributed by atoms with Crippen LogP contribution in [0.4, 0.5) is 11.6 Å². The topological polar surface area (TPSA) is 93.7 Å². The van der Waals surface area contributed by atoms with Crippen molar-refractivity contribution in [2.45, 2.75) is 66.2 Å². The highest BCUT2D eigenvalue weighted by atomic mass is 16.6. The Labute approximate surface area is 204 Å². The lowest BCUT2D eigenvalue weighted by Crippen LogP contribution is -2.44. The van der Waals surface area contributed by atoms with Crippen LogP contribution in [0.25, 0.3) is 0 Å². The molecule has 182 valence electrons. The number of carbonyl (C=O) groups is 2. The molecular formula is C28H30N2O5. The second-order valence-electron chi connectivity index (χ2n) is 11.6. The van der Waals surface area contributed by atoms with Crippen LogP contribution in [0, 0.1) is 27.9 Å². The summed E-state index contributed by atoms with van der Waals surface area (Å²) in [4.78, 5) is 40.4. The van der Waals surface area contributed by atoms with Crippen LogP contribution in [-0.4, -0.2) is 16.5 Å². The molecule has 0 bridgehead atoms. The molecule has 3 aliphatic rings. The predicted molar refractivity (Wildman–Crippen MR) is 132 cm³/mol. The molecule has 0 unspecified atom stereocenters. The second kappa shape index (κ2) is 7.77. The van der Waals surface area contributed by atoms with Gasteiger partial charge in [0.15, 0.2) is 11.6 Å². The van der Waals surface area contributed by atoms with Crippen LogP contribution in [0.3, 0.4) is 0 Å². The van der Waals surface area contributed by atoms with Gasteiger partial charge in [-0.15, -0.1) is 0 Å². The number of furan rings is 1. The van der Waals surface area contributed by atoms with E-state index in [-0.39, 0.29) is 28.2 Å². The number of carbonyl (C=O) groups excluding carboxylic acids is 2. The minimum atomic E-state index is -0.734. The summed E-state index contributed by atoms with van der Waals surface area (Å²) in [6.07, 6.45) is 1.98. The predicted octanol–water partition coefficient (Wildman–Crippen LogP) is 6.39. The van der Waals surface area contributed by atoms with Gasteiger partial charge in [0.05, 0.1) is 12.0 Å². The van der Waals surface area contributed by atoms with Gasteiger partial charge in [-0.1, -0.05) is 39.8 Å². The van der Waals surface area contributed by atoms with Crippen molar-refractivity contribution in [2.24, 2.45) is 10.8 Å². The van der Waals surface area contributed by atoms with Crippen LogP contribution in [0.2, 0.25) is 0 Å². The molecule has 0 fully saturated rings. The number of nitrogens with zero attached hydrogens (tertiary/aromatic N) is 2. The van der Waals surface area contributed by atoms with Gasteiger partial charge in [0.2, 0.25) is 0 Å². The molecule has 1 aliphatic heterocycles. The molecule has 0 saturated carbocycles. The summed E-state index contributed by atoms with van der Waals surface area (Å²) in [6.45, 7) is 10.3. The van der Waals surface area contributed by atoms with E-state index in [1.807, 2.05) is 25.1 Å². The third-order valence-electron chi connectivity index (χ3n) is 7.25. The molecule has 7 heteroatoms. The third-order valence-corrected chi connectivity index (χ3v) is 7.25. The molecule has 35 heavy (non-hydrogen) atoms. The normalized spacial score (nSPS) is 21.8. The largest absolute Gasteiger partial charge is 0.433 e. The number of allylic oxidation sites excluding steroid dienone is 4. The van der Waals surface area contributed by atoms with E-state index in [4.69, 9.17) is 4.42 Å². The number of aryl methyl sites for hydroxylation is 1. The molecule has 1 aromatic heterocycles. The van der Waals surface area contributed by atoms with E-state index in [1.165, 1.54) is 6.07 Å². The first-order valence-corrected chi connectivity index (χ1v) is 12.0. The van der Waals surface area contributed by atoms with Crippen LogP contribution >= 0.6 is 0 Å². The van der Waals surface area contributed by atoms with Gasteiger partial charge in [0, 0.05) is 41.1 Å². The lowest BCUT2D eigenvalue weighted by Gasteiger charge is -2.48. The van der Waals surface area contributed by atoms with Crippen molar-refractivity contribution < 1.29 is 18.9 Å². The van der Waals surface area contributed by atoms with Crippen LogP contribution < -0.4 is 4.90 Å². The molecule has 2 aromatic rings. The second-order valence-corrected chi connectivity index (χ2v) is 11.6. The van der Waals surface area contributed by atoms with Gasteiger partial charge in [0.25, 0.3) is 0 Å². The van der Waals surface area contributed by atoms with Crippen molar-refractivity contribution in [1.29, 1.82) is 0 Å². The standard InChI is InChI=1S/C28H30N2O5/c1-16-7-6-8-17(11-16)29-18-12-27(2,3)14-20(31)24(18)26(22-9-10-23(35-22)30(33)34)25-19(29)13-28(4,5)15-21(25)32/h6-11,26H,12-15H2,1-5H3. The van der Waals surface area contributed by atoms with Gasteiger partial charge in [0.1, 0.15) is 10.7 Å². The van der Waals surface area contributed by atoms with Gasteiger partial charge in [-0.05, 0) is 54.4 Å². The Morgan fingerprint density at radius 3 is 1.97 bits per heavy atom. The number of hydrogen-bond acceptors (Lipinski definition) is 6. The number of ketones is 2. The zero-order chi connectivity index (χ0) is 25.3. The maximum absolute atomic E-state index is 13.7. The van der Waals surface area contributed by atoms with E-state index in [0.29, 0.717) is 36.8 Å². The molecule has 2 heterocycles. The fraction of sp³-hybridized carbons (Fsp3) is 0.429. The summed E-state index contributed by atoms with van der Waals surface area (Å²) in [6, 6.07) is 10.9. The molecular weight excluding hydrogens is 444 g/mol. The highest BCUT2D eigenvalue weighted by molar-refractivity contribution is 6.08. The van der Waals surface area contributed by atoms with Crippen molar-refractivity contribution in [3.63, 3.8) is 0 Å². The quantitative estimate of drug-likeness (QED) is 0.378. The highest BCUT2D eigenvalue weighted by Gasteiger charge is 2.50. The molecule has 0 amide bonds.